The number of hydrogen-bond donors (Lipinski definition) is 0. The highest BCUT2D eigenvalue weighted by molar-refractivity contribution is 7.26. The molecule has 50 heavy (non-hydrogen) atoms. The first-order chi connectivity index (χ1) is 24.8. The molecule has 0 saturated carbocycles. The summed E-state index contributed by atoms with van der Waals surface area (Å²) in [6.07, 6.45) is 0. The number of nitrogens with zero attached hydrogens (tertiary/aromatic N) is 3. The normalized spacial score (nSPS) is 12.0. The van der Waals surface area contributed by atoms with Gasteiger partial charge in [-0.15, -0.1) is 11.3 Å². The third kappa shape index (κ3) is 4.03. The Morgan fingerprint density at radius 3 is 1.72 bits per heavy atom. The van der Waals surface area contributed by atoms with Gasteiger partial charge in [-0.3, -0.25) is 4.57 Å². The second-order valence-corrected chi connectivity index (χ2v) is 14.0. The zero-order chi connectivity index (χ0) is 32.8. The maximum absolute atomic E-state index is 5.50. The molecule has 11 rings (SSSR count). The van der Waals surface area contributed by atoms with Crippen molar-refractivity contribution in [3.8, 4) is 28.3 Å². The van der Waals surface area contributed by atoms with Crippen LogP contribution in [0.25, 0.3) is 103 Å². The third-order valence-corrected chi connectivity index (χ3v) is 11.3. The van der Waals surface area contributed by atoms with Gasteiger partial charge < -0.3 is 0 Å². The molecule has 0 unspecified atom stereocenters. The summed E-state index contributed by atoms with van der Waals surface area (Å²) in [7, 11) is 0. The summed E-state index contributed by atoms with van der Waals surface area (Å²) in [5.41, 5.74) is 7.60. The van der Waals surface area contributed by atoms with E-state index in [0.29, 0.717) is 5.95 Å². The van der Waals surface area contributed by atoms with Crippen LogP contribution in [0.3, 0.4) is 0 Å². The van der Waals surface area contributed by atoms with E-state index in [2.05, 4.69) is 168 Å². The molecule has 0 saturated heterocycles. The molecule has 3 aromatic heterocycles. The molecule has 0 fully saturated rings. The number of thiophene rings is 1. The van der Waals surface area contributed by atoms with Gasteiger partial charge in [-0.1, -0.05) is 133 Å². The minimum absolute atomic E-state index is 0.678. The maximum atomic E-state index is 5.50. The zero-order valence-corrected chi connectivity index (χ0v) is 27.7. The quantitative estimate of drug-likeness (QED) is 0.190. The smallest absolute Gasteiger partial charge is 0.235 e. The van der Waals surface area contributed by atoms with E-state index in [1.54, 1.807) is 11.3 Å². The van der Waals surface area contributed by atoms with Crippen LogP contribution in [0.15, 0.2) is 164 Å². The Balaban J connectivity index is 1.25. The van der Waals surface area contributed by atoms with Crippen LogP contribution in [0, 0.1) is 0 Å². The Kier molecular flexibility index (Phi) is 5.83. The second-order valence-electron chi connectivity index (χ2n) is 13.0. The predicted molar refractivity (Wildman–Crippen MR) is 213 cm³/mol. The molecule has 232 valence electrons. The van der Waals surface area contributed by atoms with Gasteiger partial charge >= 0.3 is 0 Å². The summed E-state index contributed by atoms with van der Waals surface area (Å²) in [5.74, 6) is 0.678. The molecule has 0 N–H and O–H groups in total. The van der Waals surface area contributed by atoms with Gasteiger partial charge in [-0.2, -0.15) is 0 Å². The lowest BCUT2D eigenvalue weighted by atomic mass is 10.00. The van der Waals surface area contributed by atoms with E-state index in [9.17, 15) is 0 Å². The van der Waals surface area contributed by atoms with Crippen molar-refractivity contribution in [1.82, 2.24) is 14.5 Å². The highest BCUT2D eigenvalue weighted by atomic mass is 32.1. The molecule has 0 radical (unpaired) electrons. The number of hydrogen-bond acceptors (Lipinski definition) is 3. The topological polar surface area (TPSA) is 30.7 Å². The Morgan fingerprint density at radius 2 is 1.00 bits per heavy atom. The van der Waals surface area contributed by atoms with Crippen LogP contribution in [0.4, 0.5) is 0 Å². The molecule has 0 aliphatic rings. The molecule has 4 heteroatoms. The first-order valence-corrected chi connectivity index (χ1v) is 17.7. The highest BCUT2D eigenvalue weighted by Crippen LogP contribution is 2.43. The highest BCUT2D eigenvalue weighted by Gasteiger charge is 2.22. The lowest BCUT2D eigenvalue weighted by molar-refractivity contribution is 1.02. The van der Waals surface area contributed by atoms with Crippen LogP contribution in [-0.4, -0.2) is 14.5 Å². The van der Waals surface area contributed by atoms with E-state index >= 15 is 0 Å². The summed E-state index contributed by atoms with van der Waals surface area (Å²) in [5, 5.41) is 11.0. The minimum atomic E-state index is 0.678. The van der Waals surface area contributed by atoms with Crippen molar-refractivity contribution in [3.63, 3.8) is 0 Å². The van der Waals surface area contributed by atoms with Gasteiger partial charge in [0.25, 0.3) is 0 Å². The van der Waals surface area contributed by atoms with Gasteiger partial charge in [0.2, 0.25) is 5.95 Å². The van der Waals surface area contributed by atoms with E-state index in [0.717, 1.165) is 37.9 Å². The molecule has 11 aromatic rings. The molecule has 3 heterocycles. The lowest BCUT2D eigenvalue weighted by Gasteiger charge is -2.10. The molecule has 3 nitrogen and oxygen atoms in total. The third-order valence-electron chi connectivity index (χ3n) is 10.2. The lowest BCUT2D eigenvalue weighted by Crippen LogP contribution is -2.02. The van der Waals surface area contributed by atoms with Crippen molar-refractivity contribution >= 4 is 85.8 Å². The predicted octanol–water partition coefficient (Wildman–Crippen LogP) is 12.7. The zero-order valence-electron chi connectivity index (χ0n) is 26.8. The van der Waals surface area contributed by atoms with E-state index in [4.69, 9.17) is 9.97 Å². The standard InChI is InChI=1S/C46H27N3S/c1-2-13-31(14-3-1)43-45-44(37-27-34(22-25-40(37)50-45)33-19-18-28-10-4-5-15-32(28)26-33)48-46(47-43)49-38-23-20-29-11-6-8-16-35(29)41(38)42-36-17-9-7-12-30(36)21-24-39(42)49/h1-27H. The van der Waals surface area contributed by atoms with Gasteiger partial charge in [0.1, 0.15) is 0 Å². The SMILES string of the molecule is c1ccc(-c2nc(-n3c4ccc5ccccc5c4c4c5ccccc5ccc43)nc3c2sc2ccc(-c4ccc5ccccc5c4)cc23)cc1. The summed E-state index contributed by atoms with van der Waals surface area (Å²) in [6, 6.07) is 58.9. The van der Waals surface area contributed by atoms with E-state index in [1.807, 2.05) is 0 Å². The van der Waals surface area contributed by atoms with Crippen molar-refractivity contribution in [3.05, 3.63) is 164 Å². The average Bonchev–Trinajstić information content (AvgIpc) is 3.73. The van der Waals surface area contributed by atoms with Crippen molar-refractivity contribution in [2.75, 3.05) is 0 Å². The first-order valence-electron chi connectivity index (χ1n) is 16.9. The summed E-state index contributed by atoms with van der Waals surface area (Å²) in [6.45, 7) is 0. The first kappa shape index (κ1) is 27.6. The molecular formula is C46H27N3S. The molecule has 8 aromatic carbocycles. The van der Waals surface area contributed by atoms with Gasteiger partial charge in [0.15, 0.2) is 0 Å². The van der Waals surface area contributed by atoms with Gasteiger partial charge in [-0.05, 0) is 73.8 Å². The average molecular weight is 654 g/mol. The molecule has 0 amide bonds. The van der Waals surface area contributed by atoms with Gasteiger partial charge in [0.05, 0.1) is 26.9 Å². The van der Waals surface area contributed by atoms with Crippen LogP contribution in [-0.2, 0) is 0 Å². The number of fused-ring (bicyclic) bond motifs is 11. The second kappa shape index (κ2) is 10.6. The Labute approximate surface area is 291 Å². The van der Waals surface area contributed by atoms with Gasteiger partial charge in [0, 0.05) is 26.4 Å². The van der Waals surface area contributed by atoms with Crippen LogP contribution < -0.4 is 0 Å². The number of aromatic nitrogens is 3. The van der Waals surface area contributed by atoms with Crippen molar-refractivity contribution in [2.45, 2.75) is 0 Å². The van der Waals surface area contributed by atoms with Gasteiger partial charge in [-0.25, -0.2) is 9.97 Å². The molecule has 0 atom stereocenters. The number of rotatable bonds is 3. The van der Waals surface area contributed by atoms with Crippen molar-refractivity contribution in [1.29, 1.82) is 0 Å². The molecule has 0 aliphatic heterocycles. The summed E-state index contributed by atoms with van der Waals surface area (Å²) in [4.78, 5) is 10.9. The van der Waals surface area contributed by atoms with Crippen LogP contribution >= 0.6 is 11.3 Å². The minimum Gasteiger partial charge on any atom is -0.278 e. The molecular weight excluding hydrogens is 627 g/mol. The maximum Gasteiger partial charge on any atom is 0.235 e. The monoisotopic (exact) mass is 653 g/mol. The fraction of sp³-hybridized carbons (Fsp3) is 0. The van der Waals surface area contributed by atoms with E-state index in [-0.39, 0.29) is 0 Å². The van der Waals surface area contributed by atoms with E-state index < -0.39 is 0 Å². The molecule has 0 spiro atoms. The fourth-order valence-corrected chi connectivity index (χ4v) is 8.97. The largest absolute Gasteiger partial charge is 0.278 e. The van der Waals surface area contributed by atoms with Crippen molar-refractivity contribution < 1.29 is 0 Å². The summed E-state index contributed by atoms with van der Waals surface area (Å²) >= 11 is 1.77. The Bertz CT molecular complexity index is 3060. The fourth-order valence-electron chi connectivity index (χ4n) is 7.84. The molecule has 0 bridgehead atoms. The van der Waals surface area contributed by atoms with Crippen LogP contribution in [0.2, 0.25) is 0 Å². The van der Waals surface area contributed by atoms with Crippen molar-refractivity contribution in [2.24, 2.45) is 0 Å². The molecule has 0 aliphatic carbocycles. The van der Waals surface area contributed by atoms with Crippen LogP contribution in [0.1, 0.15) is 0 Å². The van der Waals surface area contributed by atoms with E-state index in [1.165, 1.54) is 58.9 Å². The summed E-state index contributed by atoms with van der Waals surface area (Å²) < 4.78 is 4.58. The Hall–Kier alpha value is -6.36. The van der Waals surface area contributed by atoms with Crippen LogP contribution in [0.5, 0.6) is 0 Å². The number of benzene rings is 8. The Morgan fingerprint density at radius 1 is 0.420 bits per heavy atom.